The molecule has 2 aliphatic heterocycles. The average molecular weight is 599 g/mol. The lowest BCUT2D eigenvalue weighted by atomic mass is 10.3. The maximum absolute atomic E-state index is 11.0. The third kappa shape index (κ3) is 9.70. The van der Waals surface area contributed by atoms with Gasteiger partial charge in [-0.2, -0.15) is 13.2 Å². The molecular weight excluding hydrogens is 569 g/mol. The number of alkyl halides is 3. The van der Waals surface area contributed by atoms with E-state index >= 15 is 0 Å². The molecule has 0 saturated carbocycles. The first-order valence-corrected chi connectivity index (χ1v) is 15.4. The molecular formula is C28H29F3O7S2. The van der Waals surface area contributed by atoms with Crippen molar-refractivity contribution in [2.75, 3.05) is 19.0 Å². The van der Waals surface area contributed by atoms with Crippen LogP contribution in [-0.2, 0) is 30.5 Å². The highest BCUT2D eigenvalue weighted by molar-refractivity contribution is 7.97. The lowest BCUT2D eigenvalue weighted by Gasteiger charge is -2.15. The molecule has 2 fully saturated rings. The van der Waals surface area contributed by atoms with Crippen molar-refractivity contribution in [2.24, 2.45) is 0 Å². The van der Waals surface area contributed by atoms with Crippen molar-refractivity contribution in [1.29, 1.82) is 0 Å². The molecule has 0 spiro atoms. The second-order valence-corrected chi connectivity index (χ2v) is 12.4. The second kappa shape index (κ2) is 13.7. The zero-order valence-corrected chi connectivity index (χ0v) is 23.1. The van der Waals surface area contributed by atoms with Crippen LogP contribution in [0.1, 0.15) is 25.7 Å². The van der Waals surface area contributed by atoms with Crippen LogP contribution >= 0.6 is 0 Å². The summed E-state index contributed by atoms with van der Waals surface area (Å²) in [6, 6.07) is 27.4. The minimum atomic E-state index is -5.16. The summed E-state index contributed by atoms with van der Waals surface area (Å²) in [6.45, 7) is 1.55. The van der Waals surface area contributed by atoms with Gasteiger partial charge in [0.05, 0.1) is 24.1 Å². The van der Waals surface area contributed by atoms with E-state index in [1.165, 1.54) is 14.7 Å². The molecule has 2 saturated heterocycles. The van der Waals surface area contributed by atoms with E-state index in [9.17, 15) is 26.1 Å². The van der Waals surface area contributed by atoms with Gasteiger partial charge in [0.15, 0.2) is 27.3 Å². The summed E-state index contributed by atoms with van der Waals surface area (Å²) in [7, 11) is -5.44. The van der Waals surface area contributed by atoms with E-state index < -0.39 is 22.0 Å². The van der Waals surface area contributed by atoms with Crippen molar-refractivity contribution in [3.05, 3.63) is 78.9 Å². The molecule has 3 aromatic carbocycles. The first kappa shape index (κ1) is 30.2. The van der Waals surface area contributed by atoms with Gasteiger partial charge < -0.3 is 23.5 Å². The van der Waals surface area contributed by atoms with E-state index in [-0.39, 0.29) is 23.5 Å². The SMILES string of the molecule is O=S(=O)([O-])CC(F)(F)F.c1ccc([S+](c2cccc(OC3CCCO3)c2)c2cccc(OC3CCCO3)c2)cc1. The normalized spacial score (nSPS) is 19.9. The molecule has 12 heteroatoms. The van der Waals surface area contributed by atoms with E-state index in [1.54, 1.807) is 0 Å². The van der Waals surface area contributed by atoms with Crippen molar-refractivity contribution in [2.45, 2.75) is 59.1 Å². The zero-order valence-electron chi connectivity index (χ0n) is 21.4. The molecule has 0 radical (unpaired) electrons. The number of benzene rings is 3. The Morgan fingerprint density at radius 2 is 1.25 bits per heavy atom. The molecule has 0 bridgehead atoms. The highest BCUT2D eigenvalue weighted by atomic mass is 32.2. The van der Waals surface area contributed by atoms with Crippen LogP contribution in [0.2, 0.25) is 0 Å². The summed E-state index contributed by atoms with van der Waals surface area (Å²) in [5.74, 6) is -0.589. The molecule has 0 amide bonds. The quantitative estimate of drug-likeness (QED) is 0.235. The summed E-state index contributed by atoms with van der Waals surface area (Å²) < 4.78 is 84.5. The summed E-state index contributed by atoms with van der Waals surface area (Å²) in [4.78, 5) is 3.66. The van der Waals surface area contributed by atoms with Gasteiger partial charge in [-0.05, 0) is 49.2 Å². The molecule has 0 aliphatic carbocycles. The predicted molar refractivity (Wildman–Crippen MR) is 141 cm³/mol. The van der Waals surface area contributed by atoms with E-state index in [4.69, 9.17) is 18.9 Å². The monoisotopic (exact) mass is 598 g/mol. The van der Waals surface area contributed by atoms with E-state index in [1.807, 2.05) is 12.1 Å². The number of hydrogen-bond donors (Lipinski definition) is 0. The molecule has 216 valence electrons. The first-order chi connectivity index (χ1) is 19.1. The van der Waals surface area contributed by atoms with Crippen molar-refractivity contribution in [3.63, 3.8) is 0 Å². The zero-order chi connectivity index (χ0) is 28.6. The highest BCUT2D eigenvalue weighted by Crippen LogP contribution is 2.35. The Morgan fingerprint density at radius 1 is 0.775 bits per heavy atom. The molecule has 7 nitrogen and oxygen atoms in total. The number of hydrogen-bond acceptors (Lipinski definition) is 7. The first-order valence-electron chi connectivity index (χ1n) is 12.6. The molecule has 0 aromatic heterocycles. The van der Waals surface area contributed by atoms with Crippen molar-refractivity contribution in [3.8, 4) is 11.5 Å². The summed E-state index contributed by atoms with van der Waals surface area (Å²) >= 11 is 0. The van der Waals surface area contributed by atoms with Crippen LogP contribution in [-0.4, -0.2) is 50.7 Å². The largest absolute Gasteiger partial charge is 0.748 e. The van der Waals surface area contributed by atoms with Crippen LogP contribution in [0.15, 0.2) is 93.5 Å². The van der Waals surface area contributed by atoms with Crippen LogP contribution in [0, 0.1) is 0 Å². The third-order valence-electron chi connectivity index (χ3n) is 5.71. The Hall–Kier alpha value is -2.77. The molecule has 2 heterocycles. The van der Waals surface area contributed by atoms with E-state index in [2.05, 4.69) is 66.7 Å². The smallest absolute Gasteiger partial charge is 0.401 e. The second-order valence-electron chi connectivity index (χ2n) is 9.01. The van der Waals surface area contributed by atoms with Crippen LogP contribution in [0.4, 0.5) is 13.2 Å². The van der Waals surface area contributed by atoms with E-state index in [0.717, 1.165) is 50.4 Å². The Labute approximate surface area is 234 Å². The molecule has 3 aromatic rings. The maximum atomic E-state index is 11.0. The average Bonchev–Trinajstić information content (AvgIpc) is 3.58. The third-order valence-corrected chi connectivity index (χ3v) is 8.59. The molecule has 2 atom stereocenters. The summed E-state index contributed by atoms with van der Waals surface area (Å²) in [5.41, 5.74) is 0. The molecule has 5 rings (SSSR count). The van der Waals surface area contributed by atoms with Crippen LogP contribution in [0.3, 0.4) is 0 Å². The van der Waals surface area contributed by atoms with E-state index in [0.29, 0.717) is 0 Å². The van der Waals surface area contributed by atoms with Crippen LogP contribution in [0.5, 0.6) is 11.5 Å². The lowest BCUT2D eigenvalue weighted by Crippen LogP contribution is -2.21. The van der Waals surface area contributed by atoms with Gasteiger partial charge in [-0.25, -0.2) is 8.42 Å². The summed E-state index contributed by atoms with van der Waals surface area (Å²) in [5, 5.41) is 0. The van der Waals surface area contributed by atoms with Gasteiger partial charge in [0, 0.05) is 25.0 Å². The molecule has 2 unspecified atom stereocenters. The number of halogens is 3. The number of rotatable bonds is 8. The maximum Gasteiger partial charge on any atom is 0.401 e. The van der Waals surface area contributed by atoms with Crippen molar-refractivity contribution in [1.82, 2.24) is 0 Å². The van der Waals surface area contributed by atoms with Gasteiger partial charge in [0.2, 0.25) is 0 Å². The van der Waals surface area contributed by atoms with Gasteiger partial charge in [0.25, 0.3) is 0 Å². The Bertz CT molecular complexity index is 1260. The minimum absolute atomic E-state index is 0.142. The van der Waals surface area contributed by atoms with Gasteiger partial charge in [-0.3, -0.25) is 0 Å². The molecule has 2 aliphatic rings. The highest BCUT2D eigenvalue weighted by Gasteiger charge is 2.31. The van der Waals surface area contributed by atoms with Crippen molar-refractivity contribution < 1.29 is 45.1 Å². The fraction of sp³-hybridized carbons (Fsp3) is 0.357. The molecule has 0 N–H and O–H groups in total. The van der Waals surface area contributed by atoms with Gasteiger partial charge in [-0.15, -0.1) is 0 Å². The Kier molecular flexibility index (Phi) is 10.4. The molecule has 40 heavy (non-hydrogen) atoms. The van der Waals surface area contributed by atoms with Gasteiger partial charge in [-0.1, -0.05) is 30.3 Å². The standard InChI is InChI=1S/C26H27O4S.C2H3F3O3S/c1-2-10-22(11-3-1)31(23-12-4-8-20(18-23)29-25-14-6-16-27-25)24-13-5-9-21(19-24)30-26-15-7-17-28-26;3-2(4,5)1-9(6,7)8/h1-5,8-13,18-19,25-26H,6-7,14-17H2;1H2,(H,6,7,8)/q+1;/p-1. The van der Waals surface area contributed by atoms with Crippen molar-refractivity contribution >= 4 is 21.0 Å². The minimum Gasteiger partial charge on any atom is -0.748 e. The lowest BCUT2D eigenvalue weighted by molar-refractivity contribution is -0.107. The van der Waals surface area contributed by atoms with Crippen LogP contribution in [0.25, 0.3) is 0 Å². The van der Waals surface area contributed by atoms with Gasteiger partial charge in [0.1, 0.15) is 27.4 Å². The predicted octanol–water partition coefficient (Wildman–Crippen LogP) is 5.91. The fourth-order valence-corrected chi connectivity index (χ4v) is 6.64. The Morgan fingerprint density at radius 3 is 1.62 bits per heavy atom. The fourth-order valence-electron chi connectivity index (χ4n) is 4.10. The topological polar surface area (TPSA) is 94.1 Å². The van der Waals surface area contributed by atoms with Crippen LogP contribution < -0.4 is 9.47 Å². The Balaban J connectivity index is 0.000000357. The number of ether oxygens (including phenoxy) is 4. The van der Waals surface area contributed by atoms with Gasteiger partial charge >= 0.3 is 6.18 Å². The summed E-state index contributed by atoms with van der Waals surface area (Å²) in [6.07, 6.45) is -1.21.